The van der Waals surface area contributed by atoms with E-state index in [-0.39, 0.29) is 12.0 Å². The van der Waals surface area contributed by atoms with Crippen molar-refractivity contribution in [2.24, 2.45) is 7.05 Å². The van der Waals surface area contributed by atoms with Crippen LogP contribution in [0.3, 0.4) is 0 Å². The van der Waals surface area contributed by atoms with E-state index in [9.17, 15) is 4.79 Å². The zero-order valence-corrected chi connectivity index (χ0v) is 13.6. The van der Waals surface area contributed by atoms with Gasteiger partial charge in [-0.3, -0.25) is 9.48 Å². The van der Waals surface area contributed by atoms with E-state index in [2.05, 4.69) is 17.0 Å². The molecule has 0 radical (unpaired) electrons. The summed E-state index contributed by atoms with van der Waals surface area (Å²) in [5.41, 5.74) is 3.13. The molecule has 2 aromatic rings. The van der Waals surface area contributed by atoms with E-state index in [4.69, 9.17) is 4.74 Å². The van der Waals surface area contributed by atoms with E-state index in [1.807, 2.05) is 31.9 Å². The Kier molecular flexibility index (Phi) is 3.87. The number of aromatic nitrogens is 3. The molecule has 118 valence electrons. The summed E-state index contributed by atoms with van der Waals surface area (Å²) in [4.78, 5) is 19.3. The molecule has 1 atom stereocenters. The minimum atomic E-state index is 0.0388. The zero-order chi connectivity index (χ0) is 15.9. The largest absolute Gasteiger partial charge is 0.375 e. The van der Waals surface area contributed by atoms with Crippen molar-refractivity contribution in [3.05, 3.63) is 23.0 Å². The van der Waals surface area contributed by atoms with Crippen molar-refractivity contribution in [3.63, 3.8) is 0 Å². The van der Waals surface area contributed by atoms with Crippen LogP contribution in [0.2, 0.25) is 0 Å². The Labute approximate surface area is 130 Å². The standard InChI is InChI=1S/C16H22N4O2/c1-5-12-9-20(6-7-22-12)16(21)14-8-13-11(3)18-19(4)15(13)17-10(14)2/h8,12H,5-7,9H2,1-4H3/t12-/m0/s1. The van der Waals surface area contributed by atoms with Crippen LogP contribution in [-0.4, -0.2) is 51.4 Å². The molecule has 1 fully saturated rings. The number of fused-ring (bicyclic) bond motifs is 1. The Bertz CT molecular complexity index is 722. The van der Waals surface area contributed by atoms with Crippen molar-refractivity contribution in [3.8, 4) is 0 Å². The number of carbonyl (C=O) groups is 1. The first-order valence-corrected chi connectivity index (χ1v) is 7.73. The van der Waals surface area contributed by atoms with Gasteiger partial charge in [-0.1, -0.05) is 6.92 Å². The third kappa shape index (κ3) is 2.47. The lowest BCUT2D eigenvalue weighted by molar-refractivity contribution is -0.0226. The van der Waals surface area contributed by atoms with Gasteiger partial charge in [-0.15, -0.1) is 0 Å². The average molecular weight is 302 g/mol. The van der Waals surface area contributed by atoms with Gasteiger partial charge in [0.1, 0.15) is 0 Å². The van der Waals surface area contributed by atoms with Crippen molar-refractivity contribution >= 4 is 16.9 Å². The molecule has 2 aromatic heterocycles. The Balaban J connectivity index is 1.96. The molecule has 3 heterocycles. The van der Waals surface area contributed by atoms with E-state index in [0.29, 0.717) is 25.3 Å². The van der Waals surface area contributed by atoms with Gasteiger partial charge < -0.3 is 9.64 Å². The number of rotatable bonds is 2. The van der Waals surface area contributed by atoms with Crippen molar-refractivity contribution in [2.75, 3.05) is 19.7 Å². The first kappa shape index (κ1) is 15.0. The van der Waals surface area contributed by atoms with Crippen LogP contribution in [-0.2, 0) is 11.8 Å². The van der Waals surface area contributed by atoms with E-state index < -0.39 is 0 Å². The molecule has 1 aliphatic heterocycles. The molecule has 0 aliphatic carbocycles. The van der Waals surface area contributed by atoms with E-state index >= 15 is 0 Å². The Morgan fingerprint density at radius 2 is 2.18 bits per heavy atom. The van der Waals surface area contributed by atoms with Gasteiger partial charge in [0.2, 0.25) is 0 Å². The monoisotopic (exact) mass is 302 g/mol. The maximum Gasteiger partial charge on any atom is 0.255 e. The molecular weight excluding hydrogens is 280 g/mol. The second-order valence-electron chi connectivity index (χ2n) is 5.85. The van der Waals surface area contributed by atoms with Crippen LogP contribution in [0.15, 0.2) is 6.07 Å². The molecule has 0 N–H and O–H groups in total. The Hall–Kier alpha value is -1.95. The summed E-state index contributed by atoms with van der Waals surface area (Å²) >= 11 is 0. The third-order valence-electron chi connectivity index (χ3n) is 4.30. The second kappa shape index (κ2) is 5.68. The summed E-state index contributed by atoms with van der Waals surface area (Å²) < 4.78 is 7.40. The highest BCUT2D eigenvalue weighted by Crippen LogP contribution is 2.21. The number of hydrogen-bond acceptors (Lipinski definition) is 4. The lowest BCUT2D eigenvalue weighted by Crippen LogP contribution is -2.45. The quantitative estimate of drug-likeness (QED) is 0.849. The fourth-order valence-electron chi connectivity index (χ4n) is 2.97. The van der Waals surface area contributed by atoms with Gasteiger partial charge in [0.05, 0.1) is 29.7 Å². The molecule has 0 bridgehead atoms. The molecule has 1 saturated heterocycles. The van der Waals surface area contributed by atoms with Gasteiger partial charge in [-0.25, -0.2) is 4.98 Å². The molecule has 6 nitrogen and oxygen atoms in total. The summed E-state index contributed by atoms with van der Waals surface area (Å²) in [5, 5.41) is 5.32. The average Bonchev–Trinajstić information content (AvgIpc) is 2.80. The minimum absolute atomic E-state index is 0.0388. The number of ether oxygens (including phenoxy) is 1. The van der Waals surface area contributed by atoms with Crippen molar-refractivity contribution in [1.82, 2.24) is 19.7 Å². The fraction of sp³-hybridized carbons (Fsp3) is 0.562. The SMILES string of the molecule is CC[C@H]1CN(C(=O)c2cc3c(C)nn(C)c3nc2C)CCO1. The highest BCUT2D eigenvalue weighted by molar-refractivity contribution is 5.98. The number of hydrogen-bond donors (Lipinski definition) is 0. The topological polar surface area (TPSA) is 60.2 Å². The van der Waals surface area contributed by atoms with Gasteiger partial charge in [-0.2, -0.15) is 5.10 Å². The molecule has 0 aromatic carbocycles. The van der Waals surface area contributed by atoms with Gasteiger partial charge in [0.15, 0.2) is 5.65 Å². The molecule has 3 rings (SSSR count). The van der Waals surface area contributed by atoms with Gasteiger partial charge in [0, 0.05) is 25.5 Å². The predicted molar refractivity (Wildman–Crippen MR) is 83.9 cm³/mol. The molecule has 0 saturated carbocycles. The van der Waals surface area contributed by atoms with Crippen LogP contribution in [0.25, 0.3) is 11.0 Å². The smallest absolute Gasteiger partial charge is 0.255 e. The number of pyridine rings is 1. The molecule has 6 heteroatoms. The van der Waals surface area contributed by atoms with Crippen LogP contribution in [0.1, 0.15) is 35.1 Å². The van der Waals surface area contributed by atoms with E-state index in [1.165, 1.54) is 0 Å². The van der Waals surface area contributed by atoms with Crippen molar-refractivity contribution < 1.29 is 9.53 Å². The van der Waals surface area contributed by atoms with Crippen LogP contribution in [0, 0.1) is 13.8 Å². The summed E-state index contributed by atoms with van der Waals surface area (Å²) in [6, 6.07) is 1.93. The predicted octanol–water partition coefficient (Wildman–Crippen LogP) is 1.84. The van der Waals surface area contributed by atoms with Crippen LogP contribution in [0.5, 0.6) is 0 Å². The zero-order valence-electron chi connectivity index (χ0n) is 13.6. The number of carbonyl (C=O) groups excluding carboxylic acids is 1. The molecule has 0 spiro atoms. The lowest BCUT2D eigenvalue weighted by Gasteiger charge is -2.32. The maximum atomic E-state index is 12.8. The lowest BCUT2D eigenvalue weighted by atomic mass is 10.1. The van der Waals surface area contributed by atoms with Crippen molar-refractivity contribution in [1.29, 1.82) is 0 Å². The van der Waals surface area contributed by atoms with E-state index in [0.717, 1.165) is 28.8 Å². The molecule has 1 amide bonds. The second-order valence-corrected chi connectivity index (χ2v) is 5.85. The number of amides is 1. The first-order valence-electron chi connectivity index (χ1n) is 7.73. The van der Waals surface area contributed by atoms with Crippen LogP contribution >= 0.6 is 0 Å². The number of morpholine rings is 1. The molecule has 0 unspecified atom stereocenters. The van der Waals surface area contributed by atoms with E-state index in [1.54, 1.807) is 4.68 Å². The Morgan fingerprint density at radius 1 is 1.41 bits per heavy atom. The molecule has 1 aliphatic rings. The van der Waals surface area contributed by atoms with Crippen molar-refractivity contribution in [2.45, 2.75) is 33.3 Å². The first-order chi connectivity index (χ1) is 10.5. The van der Waals surface area contributed by atoms with Gasteiger partial charge >= 0.3 is 0 Å². The summed E-state index contributed by atoms with van der Waals surface area (Å²) in [6.45, 7) is 7.79. The number of aryl methyl sites for hydroxylation is 3. The summed E-state index contributed by atoms with van der Waals surface area (Å²) in [6.07, 6.45) is 1.05. The number of nitrogens with zero attached hydrogens (tertiary/aromatic N) is 4. The van der Waals surface area contributed by atoms with Crippen LogP contribution in [0.4, 0.5) is 0 Å². The summed E-state index contributed by atoms with van der Waals surface area (Å²) in [7, 11) is 1.87. The summed E-state index contributed by atoms with van der Waals surface area (Å²) in [5.74, 6) is 0.0388. The molecular formula is C16H22N4O2. The Morgan fingerprint density at radius 3 is 2.91 bits per heavy atom. The normalized spacial score (nSPS) is 18.9. The fourth-order valence-corrected chi connectivity index (χ4v) is 2.97. The minimum Gasteiger partial charge on any atom is -0.375 e. The van der Waals surface area contributed by atoms with Gasteiger partial charge in [0.25, 0.3) is 5.91 Å². The highest BCUT2D eigenvalue weighted by atomic mass is 16.5. The highest BCUT2D eigenvalue weighted by Gasteiger charge is 2.26. The maximum absolute atomic E-state index is 12.8. The van der Waals surface area contributed by atoms with Gasteiger partial charge in [-0.05, 0) is 26.3 Å². The van der Waals surface area contributed by atoms with Crippen LogP contribution < -0.4 is 0 Å². The third-order valence-corrected chi connectivity index (χ3v) is 4.30. The molecule has 22 heavy (non-hydrogen) atoms.